The maximum absolute atomic E-state index is 12.7. The van der Waals surface area contributed by atoms with Crippen LogP contribution in [0.25, 0.3) is 11.3 Å². The molecule has 2 fully saturated rings. The van der Waals surface area contributed by atoms with Gasteiger partial charge in [0.2, 0.25) is 5.95 Å². The molecule has 11 heteroatoms. The molecule has 11 nitrogen and oxygen atoms in total. The summed E-state index contributed by atoms with van der Waals surface area (Å²) >= 11 is 0. The van der Waals surface area contributed by atoms with Crippen LogP contribution in [0.4, 0.5) is 22.1 Å². The molecule has 1 aromatic heterocycles. The van der Waals surface area contributed by atoms with Crippen molar-refractivity contribution in [2.24, 2.45) is 0 Å². The fraction of sp³-hybridized carbons (Fsp3) is 0.370. The van der Waals surface area contributed by atoms with Gasteiger partial charge in [-0.05, 0) is 18.2 Å². The quantitative estimate of drug-likeness (QED) is 0.412. The van der Waals surface area contributed by atoms with E-state index in [1.54, 1.807) is 38.6 Å². The number of hydrogen-bond acceptors (Lipinski definition) is 9. The molecule has 0 aliphatic carbocycles. The maximum atomic E-state index is 12.7. The molecule has 3 aromatic rings. The number of nitrogens with zero attached hydrogens (tertiary/aromatic N) is 3. The van der Waals surface area contributed by atoms with Gasteiger partial charge >= 0.3 is 6.03 Å². The number of nitrogens with one attached hydrogen (secondary N) is 3. The van der Waals surface area contributed by atoms with Crippen molar-refractivity contribution < 1.29 is 23.7 Å². The maximum Gasteiger partial charge on any atom is 0.319 e. The van der Waals surface area contributed by atoms with Crippen molar-refractivity contribution in [3.8, 4) is 22.8 Å². The first kappa shape index (κ1) is 25.6. The van der Waals surface area contributed by atoms with E-state index in [0.29, 0.717) is 36.3 Å². The molecule has 2 amide bonds. The smallest absolute Gasteiger partial charge is 0.319 e. The summed E-state index contributed by atoms with van der Waals surface area (Å²) < 4.78 is 22.6. The lowest BCUT2D eigenvalue weighted by Crippen LogP contribution is -2.46. The molecular formula is C27H32N6O5. The van der Waals surface area contributed by atoms with E-state index in [1.165, 1.54) is 0 Å². The molecule has 5 rings (SSSR count). The fourth-order valence-corrected chi connectivity index (χ4v) is 4.65. The Balaban J connectivity index is 1.19. The van der Waals surface area contributed by atoms with Gasteiger partial charge in [0.25, 0.3) is 0 Å². The zero-order valence-electron chi connectivity index (χ0n) is 21.8. The lowest BCUT2D eigenvalue weighted by atomic mass is 10.1. The van der Waals surface area contributed by atoms with Crippen molar-refractivity contribution in [3.63, 3.8) is 0 Å². The van der Waals surface area contributed by atoms with Crippen molar-refractivity contribution in [2.75, 3.05) is 57.1 Å². The molecule has 0 radical (unpaired) electrons. The normalized spacial score (nSPS) is 21.9. The second-order valence-electron chi connectivity index (χ2n) is 9.36. The summed E-state index contributed by atoms with van der Waals surface area (Å²) in [5, 5.41) is 9.13. The van der Waals surface area contributed by atoms with Gasteiger partial charge in [0.15, 0.2) is 0 Å². The number of benzene rings is 2. The molecule has 2 aromatic carbocycles. The summed E-state index contributed by atoms with van der Waals surface area (Å²) in [6.45, 7) is 0.745. The first-order chi connectivity index (χ1) is 18.4. The molecule has 4 atom stereocenters. The highest BCUT2D eigenvalue weighted by atomic mass is 16.6. The van der Waals surface area contributed by atoms with Gasteiger partial charge in [0, 0.05) is 55.4 Å². The van der Waals surface area contributed by atoms with Crippen molar-refractivity contribution in [1.82, 2.24) is 15.3 Å². The minimum atomic E-state index is -0.370. The number of urea groups is 1. The molecule has 0 bridgehead atoms. The topological polar surface area (TPSA) is 119 Å². The van der Waals surface area contributed by atoms with Crippen LogP contribution in [0, 0.1) is 0 Å². The van der Waals surface area contributed by atoms with Crippen LogP contribution in [0.5, 0.6) is 11.5 Å². The van der Waals surface area contributed by atoms with E-state index in [0.717, 1.165) is 16.9 Å². The number of hydrogen-bond donors (Lipinski definition) is 3. The molecule has 2 saturated heterocycles. The Morgan fingerprint density at radius 3 is 2.26 bits per heavy atom. The predicted octanol–water partition coefficient (Wildman–Crippen LogP) is 3.00. The second-order valence-corrected chi connectivity index (χ2v) is 9.36. The summed E-state index contributed by atoms with van der Waals surface area (Å²) in [5.41, 5.74) is 3.49. The largest absolute Gasteiger partial charge is 0.497 e. The van der Waals surface area contributed by atoms with E-state index >= 15 is 0 Å². The van der Waals surface area contributed by atoms with E-state index < -0.39 is 0 Å². The Morgan fingerprint density at radius 2 is 1.61 bits per heavy atom. The van der Waals surface area contributed by atoms with Gasteiger partial charge in [-0.3, -0.25) is 0 Å². The first-order valence-electron chi connectivity index (χ1n) is 12.3. The van der Waals surface area contributed by atoms with Crippen molar-refractivity contribution in [3.05, 3.63) is 54.7 Å². The molecule has 2 aliphatic rings. The van der Waals surface area contributed by atoms with E-state index in [4.69, 9.17) is 23.9 Å². The first-order valence-corrected chi connectivity index (χ1v) is 12.3. The Kier molecular flexibility index (Phi) is 7.47. The average molecular weight is 521 g/mol. The van der Waals surface area contributed by atoms with Crippen molar-refractivity contribution in [2.45, 2.75) is 24.3 Å². The highest BCUT2D eigenvalue weighted by Crippen LogP contribution is 2.30. The van der Waals surface area contributed by atoms with E-state index in [-0.39, 0.29) is 30.3 Å². The highest BCUT2D eigenvalue weighted by Gasteiger charge is 2.48. The molecule has 0 spiro atoms. The van der Waals surface area contributed by atoms with Gasteiger partial charge in [-0.1, -0.05) is 12.1 Å². The van der Waals surface area contributed by atoms with Crippen molar-refractivity contribution in [1.29, 1.82) is 0 Å². The summed E-state index contributed by atoms with van der Waals surface area (Å²) in [6, 6.07) is 14.4. The van der Waals surface area contributed by atoms with Gasteiger partial charge in [-0.15, -0.1) is 0 Å². The zero-order valence-corrected chi connectivity index (χ0v) is 21.8. The number of anilines is 3. The second kappa shape index (κ2) is 11.1. The average Bonchev–Trinajstić information content (AvgIpc) is 3.51. The number of aromatic nitrogens is 2. The van der Waals surface area contributed by atoms with E-state index in [2.05, 4.69) is 38.0 Å². The molecule has 4 unspecified atom stereocenters. The SMILES string of the molecule is COc1cc(NC(=O)NC2COC3C(Nc4nccc(-c5ccc(N(C)C)cc5)n4)COC23)cc(OC)c1. The van der Waals surface area contributed by atoms with Crippen molar-refractivity contribution >= 4 is 23.4 Å². The number of carbonyl (C=O) groups excluding carboxylic acids is 1. The number of fused-ring (bicyclic) bond motifs is 1. The summed E-state index contributed by atoms with van der Waals surface area (Å²) in [5.74, 6) is 1.65. The third kappa shape index (κ3) is 5.58. The predicted molar refractivity (Wildman–Crippen MR) is 144 cm³/mol. The van der Waals surface area contributed by atoms with Crippen LogP contribution < -0.4 is 30.3 Å². The van der Waals surface area contributed by atoms with Gasteiger partial charge in [0.1, 0.15) is 23.7 Å². The minimum Gasteiger partial charge on any atom is -0.497 e. The molecule has 200 valence electrons. The summed E-state index contributed by atoms with van der Waals surface area (Å²) in [4.78, 5) is 23.8. The summed E-state index contributed by atoms with van der Waals surface area (Å²) in [7, 11) is 7.13. The Hall–Kier alpha value is -4.09. The molecule has 0 saturated carbocycles. The number of rotatable bonds is 8. The van der Waals surface area contributed by atoms with Crippen LogP contribution in [0.2, 0.25) is 0 Å². The number of ether oxygens (including phenoxy) is 4. The Morgan fingerprint density at radius 1 is 0.947 bits per heavy atom. The molecular weight excluding hydrogens is 488 g/mol. The number of methoxy groups -OCH3 is 2. The van der Waals surface area contributed by atoms with Gasteiger partial charge in [0.05, 0.1) is 45.2 Å². The monoisotopic (exact) mass is 520 g/mol. The van der Waals surface area contributed by atoms with Crippen LogP contribution in [0.15, 0.2) is 54.7 Å². The third-order valence-corrected chi connectivity index (χ3v) is 6.63. The fourth-order valence-electron chi connectivity index (χ4n) is 4.65. The highest BCUT2D eigenvalue weighted by molar-refractivity contribution is 5.90. The molecule has 38 heavy (non-hydrogen) atoms. The molecule has 3 N–H and O–H groups in total. The minimum absolute atomic E-state index is 0.149. The van der Waals surface area contributed by atoms with Gasteiger partial charge in [-0.2, -0.15) is 0 Å². The standard InChI is InChI=1S/C27H32N6O5/c1-33(2)18-7-5-16(6-8-18)21-9-10-28-26(30-21)31-22-14-37-25-23(15-38-24(22)25)32-27(34)29-17-11-19(35-3)13-20(12-17)36-4/h5-13,22-25H,14-15H2,1-4H3,(H,28,30,31)(H2,29,32,34). The van der Waals surface area contributed by atoms with Crippen LogP contribution in [-0.4, -0.2) is 81.8 Å². The molecule has 3 heterocycles. The van der Waals surface area contributed by atoms with Crippen LogP contribution in [0.3, 0.4) is 0 Å². The van der Waals surface area contributed by atoms with Crippen LogP contribution in [0.1, 0.15) is 0 Å². The lowest BCUT2D eigenvalue weighted by molar-refractivity contribution is 0.0683. The lowest BCUT2D eigenvalue weighted by Gasteiger charge is -2.19. The number of amides is 2. The summed E-state index contributed by atoms with van der Waals surface area (Å²) in [6.07, 6.45) is 1.19. The van der Waals surface area contributed by atoms with Crippen LogP contribution >= 0.6 is 0 Å². The van der Waals surface area contributed by atoms with E-state index in [1.807, 2.05) is 32.3 Å². The van der Waals surface area contributed by atoms with Crippen LogP contribution in [-0.2, 0) is 9.47 Å². The number of carbonyl (C=O) groups is 1. The Bertz CT molecular complexity index is 1250. The van der Waals surface area contributed by atoms with E-state index in [9.17, 15) is 4.79 Å². The Labute approximate surface area is 221 Å². The third-order valence-electron chi connectivity index (χ3n) is 6.63. The van der Waals surface area contributed by atoms with Gasteiger partial charge in [-0.25, -0.2) is 14.8 Å². The van der Waals surface area contributed by atoms with Gasteiger partial charge < -0.3 is 39.8 Å². The molecule has 2 aliphatic heterocycles. The zero-order chi connectivity index (χ0) is 26.6.